The van der Waals surface area contributed by atoms with Crippen molar-refractivity contribution in [2.45, 2.75) is 24.7 Å². The molecule has 2 N–H and O–H groups in total. The Bertz CT molecular complexity index is 1410. The summed E-state index contributed by atoms with van der Waals surface area (Å²) in [6.45, 7) is 0. The van der Waals surface area contributed by atoms with Crippen LogP contribution in [0.2, 0.25) is 0 Å². The van der Waals surface area contributed by atoms with E-state index in [0.29, 0.717) is 35.6 Å². The number of para-hydroxylation sites is 1. The van der Waals surface area contributed by atoms with Gasteiger partial charge in [0.25, 0.3) is 0 Å². The van der Waals surface area contributed by atoms with Gasteiger partial charge in [-0.2, -0.15) is 5.26 Å². The molecule has 2 aliphatic heterocycles. The van der Waals surface area contributed by atoms with Crippen molar-refractivity contribution in [3.8, 4) is 6.07 Å². The third-order valence-electron chi connectivity index (χ3n) is 6.51. The molecule has 0 fully saturated rings. The maximum absolute atomic E-state index is 13.7. The molecule has 1 aromatic carbocycles. The fourth-order valence-corrected chi connectivity index (χ4v) is 5.12. The Hall–Kier alpha value is -4.44. The van der Waals surface area contributed by atoms with Crippen LogP contribution in [0.1, 0.15) is 41.6 Å². The number of hydrogen-bond acceptors (Lipinski definition) is 7. The molecule has 4 heterocycles. The van der Waals surface area contributed by atoms with Gasteiger partial charge in [-0.3, -0.25) is 14.7 Å². The number of aliphatic imine (C=N–C) groups is 1. The number of furan rings is 1. The zero-order valence-corrected chi connectivity index (χ0v) is 17.6. The smallest absolute Gasteiger partial charge is 0.162 e. The van der Waals surface area contributed by atoms with E-state index in [1.807, 2.05) is 53.4 Å². The number of benzene rings is 1. The second kappa shape index (κ2) is 7.31. The zero-order valence-electron chi connectivity index (χ0n) is 17.6. The molecular formula is C26H19N5O2. The minimum Gasteiger partial charge on any atom is -0.469 e. The number of carbonyl (C=O) groups excluding carboxylic acids is 1. The molecular weight excluding hydrogens is 414 g/mol. The number of nitrogens with two attached hydrogens (primary N) is 1. The lowest BCUT2D eigenvalue weighted by Crippen LogP contribution is -2.40. The molecule has 0 saturated heterocycles. The highest BCUT2D eigenvalue weighted by Gasteiger charge is 2.45. The molecule has 0 bridgehead atoms. The maximum Gasteiger partial charge on any atom is 0.162 e. The molecule has 6 rings (SSSR count). The highest BCUT2D eigenvalue weighted by Crippen LogP contribution is 2.51. The lowest BCUT2D eigenvalue weighted by atomic mass is 9.72. The Morgan fingerprint density at radius 2 is 2.00 bits per heavy atom. The third kappa shape index (κ3) is 2.84. The zero-order chi connectivity index (χ0) is 22.5. The quantitative estimate of drug-likeness (QED) is 0.651. The number of anilines is 1. The van der Waals surface area contributed by atoms with Crippen molar-refractivity contribution < 1.29 is 9.21 Å². The average Bonchev–Trinajstić information content (AvgIpc) is 3.39. The second-order valence-corrected chi connectivity index (χ2v) is 8.32. The van der Waals surface area contributed by atoms with Crippen LogP contribution in [-0.2, 0) is 4.79 Å². The average molecular weight is 433 g/mol. The van der Waals surface area contributed by atoms with Gasteiger partial charge in [-0.1, -0.05) is 18.2 Å². The Morgan fingerprint density at radius 3 is 2.76 bits per heavy atom. The van der Waals surface area contributed by atoms with Gasteiger partial charge in [-0.05, 0) is 42.3 Å². The number of amidine groups is 1. The van der Waals surface area contributed by atoms with Gasteiger partial charge in [0.15, 0.2) is 11.6 Å². The number of rotatable bonds is 2. The number of fused-ring (bicyclic) bond motifs is 4. The predicted molar refractivity (Wildman–Crippen MR) is 122 cm³/mol. The van der Waals surface area contributed by atoms with Gasteiger partial charge >= 0.3 is 0 Å². The minimum atomic E-state index is -0.545. The van der Waals surface area contributed by atoms with E-state index in [4.69, 9.17) is 10.2 Å². The van der Waals surface area contributed by atoms with Crippen LogP contribution >= 0.6 is 0 Å². The molecule has 3 aromatic rings. The Kier molecular flexibility index (Phi) is 4.27. The summed E-state index contributed by atoms with van der Waals surface area (Å²) in [5, 5.41) is 10.3. The van der Waals surface area contributed by atoms with Crippen molar-refractivity contribution in [3.63, 3.8) is 0 Å². The van der Waals surface area contributed by atoms with Gasteiger partial charge in [0.05, 0.1) is 29.5 Å². The lowest BCUT2D eigenvalue weighted by Gasteiger charge is -2.43. The van der Waals surface area contributed by atoms with E-state index >= 15 is 0 Å². The highest BCUT2D eigenvalue weighted by atomic mass is 16.3. The van der Waals surface area contributed by atoms with E-state index in [9.17, 15) is 10.1 Å². The van der Waals surface area contributed by atoms with Gasteiger partial charge in [0.2, 0.25) is 0 Å². The number of pyridine rings is 1. The molecule has 33 heavy (non-hydrogen) atoms. The SMILES string of the molecule is N#CC1=C2N=C(N)c3ccccc3N2C2=C(C(=O)C[C@@H](c3ccco3)C2)[C@H]1c1cccnc1. The first-order valence-electron chi connectivity index (χ1n) is 10.7. The van der Waals surface area contributed by atoms with Crippen LogP contribution < -0.4 is 10.6 Å². The van der Waals surface area contributed by atoms with Crippen LogP contribution in [-0.4, -0.2) is 16.6 Å². The standard InChI is InChI=1S/C26H19N5O2/c27-13-18-23(15-5-3-9-29-14-15)24-20(11-16(12-21(24)32)22-8-4-10-33-22)31-19-7-2-1-6-17(19)25(28)30-26(18)31/h1-10,14,16,23H,11-12H2,(H2,28,30)/t16-,23-/m0/s1. The first kappa shape index (κ1) is 19.3. The van der Waals surface area contributed by atoms with E-state index in [2.05, 4.69) is 16.0 Å². The molecule has 0 radical (unpaired) electrons. The fraction of sp³-hybridized carbons (Fsp3) is 0.154. The molecule has 3 aliphatic rings. The summed E-state index contributed by atoms with van der Waals surface area (Å²) >= 11 is 0. The number of nitriles is 1. The van der Waals surface area contributed by atoms with Gasteiger partial charge in [0.1, 0.15) is 11.6 Å². The summed E-state index contributed by atoms with van der Waals surface area (Å²) < 4.78 is 5.66. The van der Waals surface area contributed by atoms with Crippen molar-refractivity contribution >= 4 is 17.3 Å². The van der Waals surface area contributed by atoms with Crippen LogP contribution in [0.15, 0.2) is 99.3 Å². The number of hydrogen-bond donors (Lipinski definition) is 1. The van der Waals surface area contributed by atoms with Crippen LogP contribution in [0.25, 0.3) is 0 Å². The predicted octanol–water partition coefficient (Wildman–Crippen LogP) is 4.13. The summed E-state index contributed by atoms with van der Waals surface area (Å²) in [6, 6.07) is 17.5. The van der Waals surface area contributed by atoms with E-state index in [1.54, 1.807) is 18.7 Å². The number of allylic oxidation sites excluding steroid dienone is 3. The lowest BCUT2D eigenvalue weighted by molar-refractivity contribution is -0.116. The van der Waals surface area contributed by atoms with Gasteiger partial charge in [-0.15, -0.1) is 0 Å². The molecule has 2 aromatic heterocycles. The van der Waals surface area contributed by atoms with E-state index in [0.717, 1.165) is 28.3 Å². The number of aromatic nitrogens is 1. The van der Waals surface area contributed by atoms with Gasteiger partial charge in [0, 0.05) is 41.6 Å². The molecule has 0 saturated carbocycles. The van der Waals surface area contributed by atoms with Crippen LogP contribution in [0.4, 0.5) is 5.69 Å². The highest BCUT2D eigenvalue weighted by molar-refractivity contribution is 6.08. The monoisotopic (exact) mass is 433 g/mol. The van der Waals surface area contributed by atoms with Crippen molar-refractivity contribution in [1.29, 1.82) is 5.26 Å². The first-order valence-corrected chi connectivity index (χ1v) is 10.7. The topological polar surface area (TPSA) is 109 Å². The Morgan fingerprint density at radius 1 is 1.12 bits per heavy atom. The molecule has 0 spiro atoms. The summed E-state index contributed by atoms with van der Waals surface area (Å²) in [7, 11) is 0. The van der Waals surface area contributed by atoms with Crippen LogP contribution in [0, 0.1) is 11.3 Å². The first-order chi connectivity index (χ1) is 16.2. The van der Waals surface area contributed by atoms with E-state index < -0.39 is 5.92 Å². The van der Waals surface area contributed by atoms with Crippen molar-refractivity contribution in [3.05, 3.63) is 107 Å². The summed E-state index contributed by atoms with van der Waals surface area (Å²) in [5.74, 6) is 0.950. The van der Waals surface area contributed by atoms with Crippen LogP contribution in [0.5, 0.6) is 0 Å². The summed E-state index contributed by atoms with van der Waals surface area (Å²) in [4.78, 5) is 24.5. The molecule has 7 heteroatoms. The van der Waals surface area contributed by atoms with Crippen molar-refractivity contribution in [2.75, 3.05) is 4.90 Å². The molecule has 7 nitrogen and oxygen atoms in total. The largest absolute Gasteiger partial charge is 0.469 e. The van der Waals surface area contributed by atoms with Gasteiger partial charge < -0.3 is 10.2 Å². The van der Waals surface area contributed by atoms with Crippen LogP contribution in [0.3, 0.4) is 0 Å². The number of Topliss-reactive ketones (excluding diaryl/α,β-unsaturated/α-hetero) is 1. The number of ketones is 1. The van der Waals surface area contributed by atoms with Crippen molar-refractivity contribution in [1.82, 2.24) is 4.98 Å². The van der Waals surface area contributed by atoms with Crippen molar-refractivity contribution in [2.24, 2.45) is 10.7 Å². The number of nitrogens with zero attached hydrogens (tertiary/aromatic N) is 4. The molecule has 2 atom stereocenters. The fourth-order valence-electron chi connectivity index (χ4n) is 5.12. The third-order valence-corrected chi connectivity index (χ3v) is 6.51. The van der Waals surface area contributed by atoms with E-state index in [1.165, 1.54) is 0 Å². The summed E-state index contributed by atoms with van der Waals surface area (Å²) in [5.41, 5.74) is 10.5. The second-order valence-electron chi connectivity index (χ2n) is 8.32. The minimum absolute atomic E-state index is 0.00157. The molecule has 0 amide bonds. The summed E-state index contributed by atoms with van der Waals surface area (Å²) in [6.07, 6.45) is 5.91. The molecule has 1 aliphatic carbocycles. The normalized spacial score (nSPS) is 21.7. The Balaban J connectivity index is 1.63. The van der Waals surface area contributed by atoms with Gasteiger partial charge in [-0.25, -0.2) is 4.99 Å². The molecule has 160 valence electrons. The maximum atomic E-state index is 13.7. The Labute approximate surface area is 190 Å². The van der Waals surface area contributed by atoms with E-state index in [-0.39, 0.29) is 11.7 Å². The number of carbonyl (C=O) groups is 1. The molecule has 0 unspecified atom stereocenters.